The first-order valence-corrected chi connectivity index (χ1v) is 12.7. The van der Waals surface area contributed by atoms with Crippen LogP contribution >= 0.6 is 35.3 Å². The molecule has 0 radical (unpaired) electrons. The molecule has 186 valence electrons. The van der Waals surface area contributed by atoms with Gasteiger partial charge in [-0.05, 0) is 61.2 Å². The van der Waals surface area contributed by atoms with Crippen LogP contribution in [0.5, 0.6) is 11.5 Å². The molecule has 3 aromatic rings. The van der Waals surface area contributed by atoms with E-state index in [2.05, 4.69) is 12.2 Å². The third kappa shape index (κ3) is 6.35. The van der Waals surface area contributed by atoms with Crippen molar-refractivity contribution < 1.29 is 14.3 Å². The molecule has 6 nitrogen and oxygen atoms in total. The first-order valence-electron chi connectivity index (χ1n) is 11.2. The highest BCUT2D eigenvalue weighted by Crippen LogP contribution is 2.36. The summed E-state index contributed by atoms with van der Waals surface area (Å²) in [5.41, 5.74) is 1.45. The Kier molecular flexibility index (Phi) is 9.57. The number of amides is 2. The van der Waals surface area contributed by atoms with Gasteiger partial charge in [0.2, 0.25) is 5.91 Å². The maximum Gasteiger partial charge on any atom is 0.251 e. The molecule has 35 heavy (non-hydrogen) atoms. The minimum Gasteiger partial charge on any atom is -0.457 e. The topological polar surface area (TPSA) is 61.9 Å². The zero-order valence-electron chi connectivity index (χ0n) is 19.6. The molecule has 0 aliphatic carbocycles. The summed E-state index contributed by atoms with van der Waals surface area (Å²) in [6, 6.07) is 18.2. The molecule has 2 atom stereocenters. The van der Waals surface area contributed by atoms with Crippen LogP contribution in [0.3, 0.4) is 0 Å². The van der Waals surface area contributed by atoms with Gasteiger partial charge in [0.15, 0.2) is 0 Å². The molecule has 1 N–H and O–H groups in total. The van der Waals surface area contributed by atoms with Gasteiger partial charge in [-0.3, -0.25) is 14.5 Å². The van der Waals surface area contributed by atoms with Crippen LogP contribution < -0.4 is 15.0 Å². The van der Waals surface area contributed by atoms with E-state index in [1.165, 1.54) is 11.3 Å². The van der Waals surface area contributed by atoms with Gasteiger partial charge in [0.05, 0.1) is 0 Å². The molecule has 9 heteroatoms. The van der Waals surface area contributed by atoms with Gasteiger partial charge in [0.1, 0.15) is 23.4 Å². The molecule has 2 amide bonds. The molecule has 4 rings (SSSR count). The highest BCUT2D eigenvalue weighted by atomic mass is 35.5. The Morgan fingerprint density at radius 3 is 2.57 bits per heavy atom. The lowest BCUT2D eigenvalue weighted by Crippen LogP contribution is -2.55. The van der Waals surface area contributed by atoms with E-state index < -0.39 is 6.04 Å². The monoisotopic (exact) mass is 533 g/mol. The number of nitrogens with zero attached hydrogens (tertiary/aromatic N) is 2. The van der Waals surface area contributed by atoms with Crippen molar-refractivity contribution in [1.82, 2.24) is 10.2 Å². The van der Waals surface area contributed by atoms with Crippen molar-refractivity contribution in [3.8, 4) is 11.5 Å². The largest absolute Gasteiger partial charge is 0.457 e. The number of piperazine rings is 1. The number of alkyl halides is 1. The third-order valence-corrected chi connectivity index (χ3v) is 6.93. The molecule has 2 heterocycles. The van der Waals surface area contributed by atoms with E-state index in [1.54, 1.807) is 4.90 Å². The zero-order valence-corrected chi connectivity index (χ0v) is 22.0. The SMILES string of the molecule is Cc1cc(Oc2ccccc2)ccc1N(C(=O)CCl)[C@H](C(=O)N1CCN[C@H](C)C1)c1cccs1.Cl. The normalized spacial score (nSPS) is 16.2. The molecule has 0 spiro atoms. The minimum atomic E-state index is -0.781. The van der Waals surface area contributed by atoms with Crippen LogP contribution in [0.15, 0.2) is 66.0 Å². The Bertz CT molecular complexity index is 1130. The molecular formula is C26H29Cl2N3O3S. The van der Waals surface area contributed by atoms with Crippen LogP contribution in [0.4, 0.5) is 5.69 Å². The van der Waals surface area contributed by atoms with E-state index in [-0.39, 0.29) is 36.1 Å². The number of para-hydroxylation sites is 1. The van der Waals surface area contributed by atoms with Gasteiger partial charge in [-0.2, -0.15) is 0 Å². The van der Waals surface area contributed by atoms with Gasteiger partial charge in [-0.15, -0.1) is 35.3 Å². The van der Waals surface area contributed by atoms with Gasteiger partial charge in [0, 0.05) is 36.2 Å². The lowest BCUT2D eigenvalue weighted by atomic mass is 10.1. The van der Waals surface area contributed by atoms with Gasteiger partial charge in [-0.25, -0.2) is 0 Å². The number of aryl methyl sites for hydroxylation is 1. The Morgan fingerprint density at radius 2 is 1.94 bits per heavy atom. The summed E-state index contributed by atoms with van der Waals surface area (Å²) in [5, 5.41) is 5.28. The number of rotatable bonds is 7. The van der Waals surface area contributed by atoms with Gasteiger partial charge < -0.3 is 15.0 Å². The van der Waals surface area contributed by atoms with Crippen molar-refractivity contribution in [2.45, 2.75) is 25.9 Å². The summed E-state index contributed by atoms with van der Waals surface area (Å²) >= 11 is 7.52. The zero-order chi connectivity index (χ0) is 24.1. The van der Waals surface area contributed by atoms with E-state index in [9.17, 15) is 9.59 Å². The number of thiophene rings is 1. The summed E-state index contributed by atoms with van der Waals surface area (Å²) in [5.74, 6) is 0.729. The van der Waals surface area contributed by atoms with E-state index in [0.717, 1.165) is 22.7 Å². The second kappa shape index (κ2) is 12.4. The van der Waals surface area contributed by atoms with Crippen molar-refractivity contribution in [1.29, 1.82) is 0 Å². The van der Waals surface area contributed by atoms with Crippen LogP contribution in [-0.2, 0) is 9.59 Å². The quantitative estimate of drug-likeness (QED) is 0.412. The minimum absolute atomic E-state index is 0. The van der Waals surface area contributed by atoms with Gasteiger partial charge >= 0.3 is 0 Å². The standard InChI is InChI=1S/C26H28ClN3O3S.ClH/c1-18-15-21(33-20-7-4-3-5-8-20)10-11-22(18)30(24(31)16-27)25(23-9-6-14-34-23)26(32)29-13-12-28-19(2)17-29;/h3-11,14-15,19,25,28H,12-13,16-17H2,1-2H3;1H/t19-,25+;/m1./s1. The summed E-state index contributed by atoms with van der Waals surface area (Å²) in [4.78, 5) is 31.2. The van der Waals surface area contributed by atoms with Crippen molar-refractivity contribution in [3.05, 3.63) is 76.5 Å². The molecule has 1 saturated heterocycles. The predicted octanol–water partition coefficient (Wildman–Crippen LogP) is 5.40. The fraction of sp³-hybridized carbons (Fsp3) is 0.308. The Labute approximate surface area is 221 Å². The molecule has 1 aliphatic heterocycles. The number of halogens is 2. The molecule has 1 aromatic heterocycles. The number of nitrogens with one attached hydrogen (secondary N) is 1. The predicted molar refractivity (Wildman–Crippen MR) is 144 cm³/mol. The number of carbonyl (C=O) groups is 2. The molecule has 0 bridgehead atoms. The Balaban J connectivity index is 0.00000342. The lowest BCUT2D eigenvalue weighted by molar-refractivity contribution is -0.135. The van der Waals surface area contributed by atoms with Crippen molar-refractivity contribution in [2.75, 3.05) is 30.4 Å². The van der Waals surface area contributed by atoms with Crippen LogP contribution in [0.25, 0.3) is 0 Å². The van der Waals surface area contributed by atoms with Crippen LogP contribution in [0, 0.1) is 6.92 Å². The summed E-state index contributed by atoms with van der Waals surface area (Å²) in [6.07, 6.45) is 0. The number of ether oxygens (including phenoxy) is 1. The average molecular weight is 535 g/mol. The van der Waals surface area contributed by atoms with E-state index >= 15 is 0 Å². The smallest absolute Gasteiger partial charge is 0.251 e. The first kappa shape index (κ1) is 27.0. The third-order valence-electron chi connectivity index (χ3n) is 5.77. The average Bonchev–Trinajstić information content (AvgIpc) is 3.37. The van der Waals surface area contributed by atoms with E-state index in [1.807, 2.05) is 77.9 Å². The highest BCUT2D eigenvalue weighted by molar-refractivity contribution is 7.10. The number of carbonyl (C=O) groups excluding carboxylic acids is 2. The number of hydrogen-bond donors (Lipinski definition) is 1. The van der Waals surface area contributed by atoms with Crippen LogP contribution in [-0.4, -0.2) is 48.3 Å². The molecule has 2 aromatic carbocycles. The number of benzene rings is 2. The van der Waals surface area contributed by atoms with Crippen LogP contribution in [0.1, 0.15) is 23.4 Å². The highest BCUT2D eigenvalue weighted by Gasteiger charge is 2.37. The Morgan fingerprint density at radius 1 is 1.17 bits per heavy atom. The van der Waals surface area contributed by atoms with E-state index in [4.69, 9.17) is 16.3 Å². The first-order chi connectivity index (χ1) is 16.5. The summed E-state index contributed by atoms with van der Waals surface area (Å²) < 4.78 is 5.96. The fourth-order valence-corrected chi connectivity index (χ4v) is 5.12. The lowest BCUT2D eigenvalue weighted by Gasteiger charge is -2.38. The number of anilines is 1. The number of hydrogen-bond acceptors (Lipinski definition) is 5. The molecule has 1 aliphatic rings. The van der Waals surface area contributed by atoms with Gasteiger partial charge in [-0.1, -0.05) is 24.3 Å². The summed E-state index contributed by atoms with van der Waals surface area (Å²) in [7, 11) is 0. The maximum atomic E-state index is 13.8. The molecule has 1 fully saturated rings. The fourth-order valence-electron chi connectivity index (χ4n) is 4.18. The van der Waals surface area contributed by atoms with Crippen molar-refractivity contribution >= 4 is 52.8 Å². The van der Waals surface area contributed by atoms with Gasteiger partial charge in [0.25, 0.3) is 5.91 Å². The molecule has 0 saturated carbocycles. The second-order valence-corrected chi connectivity index (χ2v) is 9.56. The van der Waals surface area contributed by atoms with E-state index in [0.29, 0.717) is 24.5 Å². The van der Waals surface area contributed by atoms with Crippen molar-refractivity contribution in [2.24, 2.45) is 0 Å². The summed E-state index contributed by atoms with van der Waals surface area (Å²) in [6.45, 7) is 5.86. The molecular weight excluding hydrogens is 505 g/mol. The Hall–Kier alpha value is -2.58. The van der Waals surface area contributed by atoms with Crippen LogP contribution in [0.2, 0.25) is 0 Å². The molecule has 0 unspecified atom stereocenters. The maximum absolute atomic E-state index is 13.8. The second-order valence-electron chi connectivity index (χ2n) is 8.32. The van der Waals surface area contributed by atoms with Crippen molar-refractivity contribution in [3.63, 3.8) is 0 Å².